The maximum absolute atomic E-state index is 12.3. The lowest BCUT2D eigenvalue weighted by atomic mass is 9.93. The topological polar surface area (TPSA) is 17.1 Å². The lowest BCUT2D eigenvalue weighted by molar-refractivity contribution is 0.102. The van der Waals surface area contributed by atoms with Crippen molar-refractivity contribution in [2.45, 2.75) is 25.7 Å². The van der Waals surface area contributed by atoms with Crippen LogP contribution in [0, 0.1) is 3.57 Å². The van der Waals surface area contributed by atoms with Crippen molar-refractivity contribution in [2.75, 3.05) is 0 Å². The van der Waals surface area contributed by atoms with E-state index in [0.29, 0.717) is 0 Å². The molecule has 0 heterocycles. The molecule has 0 radical (unpaired) electrons. The van der Waals surface area contributed by atoms with Crippen LogP contribution in [-0.2, 0) is 0 Å². The molecule has 1 aliphatic rings. The van der Waals surface area contributed by atoms with E-state index in [0.717, 1.165) is 38.4 Å². The number of allylic oxidation sites excluding steroid dienone is 2. The van der Waals surface area contributed by atoms with Gasteiger partial charge in [0, 0.05) is 13.6 Å². The van der Waals surface area contributed by atoms with E-state index >= 15 is 0 Å². The highest BCUT2D eigenvalue weighted by molar-refractivity contribution is 14.1. The molecule has 16 heavy (non-hydrogen) atoms. The number of carbonyl (C=O) groups excluding carboxylic acids is 1. The van der Waals surface area contributed by atoms with Gasteiger partial charge < -0.3 is 0 Å². The minimum Gasteiger partial charge on any atom is -0.289 e. The molecule has 0 unspecified atom stereocenters. The number of hydrogen-bond acceptors (Lipinski definition) is 1. The van der Waals surface area contributed by atoms with E-state index < -0.39 is 0 Å². The van der Waals surface area contributed by atoms with Crippen molar-refractivity contribution in [3.63, 3.8) is 0 Å². The van der Waals surface area contributed by atoms with Gasteiger partial charge in [0.25, 0.3) is 0 Å². The summed E-state index contributed by atoms with van der Waals surface area (Å²) in [6.45, 7) is 0. The zero-order valence-corrected chi connectivity index (χ0v) is 12.5. The minimum absolute atomic E-state index is 0.199. The predicted molar refractivity (Wildman–Crippen MR) is 77.7 cm³/mol. The maximum Gasteiger partial charge on any atom is 0.189 e. The van der Waals surface area contributed by atoms with Gasteiger partial charge in [-0.3, -0.25) is 4.79 Å². The van der Waals surface area contributed by atoms with E-state index in [2.05, 4.69) is 44.6 Å². The quantitative estimate of drug-likeness (QED) is 0.526. The van der Waals surface area contributed by atoms with Gasteiger partial charge in [0.1, 0.15) is 0 Å². The van der Waals surface area contributed by atoms with Gasteiger partial charge in [-0.15, -0.1) is 0 Å². The molecule has 0 bridgehead atoms. The first kappa shape index (κ1) is 12.3. The highest BCUT2D eigenvalue weighted by Crippen LogP contribution is 2.25. The lowest BCUT2D eigenvalue weighted by Gasteiger charge is -2.12. The van der Waals surface area contributed by atoms with Crippen LogP contribution in [0.15, 0.2) is 34.3 Å². The Morgan fingerprint density at radius 3 is 2.81 bits per heavy atom. The van der Waals surface area contributed by atoms with E-state index in [9.17, 15) is 4.79 Å². The van der Waals surface area contributed by atoms with Crippen molar-refractivity contribution in [2.24, 2.45) is 0 Å². The molecule has 0 aliphatic heterocycles. The SMILES string of the molecule is O=C(C1=CCCCC1)c1cc(Br)ccc1I. The van der Waals surface area contributed by atoms with Crippen LogP contribution in [-0.4, -0.2) is 5.78 Å². The molecule has 84 valence electrons. The zero-order valence-electron chi connectivity index (χ0n) is 8.80. The first-order valence-corrected chi connectivity index (χ1v) is 7.24. The molecule has 0 saturated carbocycles. The van der Waals surface area contributed by atoms with E-state index in [-0.39, 0.29) is 5.78 Å². The summed E-state index contributed by atoms with van der Waals surface area (Å²) in [4.78, 5) is 12.3. The summed E-state index contributed by atoms with van der Waals surface area (Å²) in [6.07, 6.45) is 6.43. The molecule has 0 N–H and O–H groups in total. The molecule has 1 aromatic rings. The second-order valence-corrected chi connectivity index (χ2v) is 6.01. The Balaban J connectivity index is 2.33. The number of benzene rings is 1. The van der Waals surface area contributed by atoms with Gasteiger partial charge >= 0.3 is 0 Å². The summed E-state index contributed by atoms with van der Waals surface area (Å²) in [6, 6.07) is 5.86. The number of ketones is 1. The third-order valence-corrected chi connectivity index (χ3v) is 4.19. The number of halogens is 2. The summed E-state index contributed by atoms with van der Waals surface area (Å²) in [5.74, 6) is 0.199. The fourth-order valence-corrected chi connectivity index (χ4v) is 2.83. The van der Waals surface area contributed by atoms with Gasteiger partial charge in [0.15, 0.2) is 5.78 Å². The fraction of sp³-hybridized carbons (Fsp3) is 0.308. The summed E-state index contributed by atoms with van der Waals surface area (Å²) >= 11 is 5.63. The van der Waals surface area contributed by atoms with Crippen molar-refractivity contribution < 1.29 is 4.79 Å². The average molecular weight is 391 g/mol. The van der Waals surface area contributed by atoms with Crippen molar-refractivity contribution >= 4 is 44.3 Å². The van der Waals surface area contributed by atoms with Gasteiger partial charge in [0.2, 0.25) is 0 Å². The van der Waals surface area contributed by atoms with Crippen LogP contribution < -0.4 is 0 Å². The molecule has 3 heteroatoms. The Morgan fingerprint density at radius 1 is 1.31 bits per heavy atom. The minimum atomic E-state index is 0.199. The second kappa shape index (κ2) is 5.45. The Labute approximate surface area is 118 Å². The number of carbonyl (C=O) groups is 1. The smallest absolute Gasteiger partial charge is 0.189 e. The Kier molecular flexibility index (Phi) is 4.19. The molecule has 0 spiro atoms. The molecule has 1 nitrogen and oxygen atoms in total. The van der Waals surface area contributed by atoms with Crippen molar-refractivity contribution in [3.05, 3.63) is 43.5 Å². The van der Waals surface area contributed by atoms with E-state index in [1.165, 1.54) is 6.42 Å². The molecule has 0 aromatic heterocycles. The van der Waals surface area contributed by atoms with Crippen LogP contribution in [0.1, 0.15) is 36.0 Å². The van der Waals surface area contributed by atoms with E-state index in [1.54, 1.807) is 0 Å². The monoisotopic (exact) mass is 390 g/mol. The van der Waals surface area contributed by atoms with Gasteiger partial charge in [-0.05, 0) is 72.0 Å². The largest absolute Gasteiger partial charge is 0.289 e. The molecule has 0 saturated heterocycles. The lowest BCUT2D eigenvalue weighted by Crippen LogP contribution is -2.08. The summed E-state index contributed by atoms with van der Waals surface area (Å²) in [7, 11) is 0. The standard InChI is InChI=1S/C13H12BrIO/c14-10-6-7-12(15)11(8-10)13(16)9-4-2-1-3-5-9/h4,6-8H,1-3,5H2. The molecule has 0 fully saturated rings. The highest BCUT2D eigenvalue weighted by atomic mass is 127. The van der Waals surface area contributed by atoms with Gasteiger partial charge in [0.05, 0.1) is 0 Å². The van der Waals surface area contributed by atoms with Gasteiger partial charge in [-0.2, -0.15) is 0 Å². The molecule has 1 aliphatic carbocycles. The van der Waals surface area contributed by atoms with Crippen molar-refractivity contribution in [1.29, 1.82) is 0 Å². The molecule has 2 rings (SSSR count). The number of rotatable bonds is 2. The van der Waals surface area contributed by atoms with Crippen LogP contribution >= 0.6 is 38.5 Å². The summed E-state index contributed by atoms with van der Waals surface area (Å²) < 4.78 is 1.99. The summed E-state index contributed by atoms with van der Waals surface area (Å²) in [5.41, 5.74) is 1.81. The summed E-state index contributed by atoms with van der Waals surface area (Å²) in [5, 5.41) is 0. The first-order chi connectivity index (χ1) is 7.68. The predicted octanol–water partition coefficient (Wildman–Crippen LogP) is 4.74. The normalized spacial score (nSPS) is 15.8. The van der Waals surface area contributed by atoms with Crippen molar-refractivity contribution in [3.8, 4) is 0 Å². The van der Waals surface area contributed by atoms with Crippen LogP contribution in [0.4, 0.5) is 0 Å². The third kappa shape index (κ3) is 2.74. The molecule has 0 atom stereocenters. The van der Waals surface area contributed by atoms with E-state index in [4.69, 9.17) is 0 Å². The zero-order chi connectivity index (χ0) is 11.5. The van der Waals surface area contributed by atoms with Crippen molar-refractivity contribution in [1.82, 2.24) is 0 Å². The Morgan fingerprint density at radius 2 is 2.12 bits per heavy atom. The maximum atomic E-state index is 12.3. The fourth-order valence-electron chi connectivity index (χ4n) is 1.89. The van der Waals surface area contributed by atoms with Crippen LogP contribution in [0.2, 0.25) is 0 Å². The molecule has 0 amide bonds. The van der Waals surface area contributed by atoms with Gasteiger partial charge in [-0.1, -0.05) is 22.0 Å². The van der Waals surface area contributed by atoms with E-state index in [1.807, 2.05) is 18.2 Å². The number of hydrogen-bond donors (Lipinski definition) is 0. The van der Waals surface area contributed by atoms with Crippen LogP contribution in [0.25, 0.3) is 0 Å². The van der Waals surface area contributed by atoms with Crippen LogP contribution in [0.3, 0.4) is 0 Å². The average Bonchev–Trinajstić information content (AvgIpc) is 2.32. The number of Topliss-reactive ketones (excluding diaryl/α,β-unsaturated/α-hetero) is 1. The van der Waals surface area contributed by atoms with Crippen LogP contribution in [0.5, 0.6) is 0 Å². The Bertz CT molecular complexity index is 451. The first-order valence-electron chi connectivity index (χ1n) is 5.37. The molecule has 1 aromatic carbocycles. The highest BCUT2D eigenvalue weighted by Gasteiger charge is 2.16. The molecular formula is C13H12BrIO. The Hall–Kier alpha value is -0.160. The van der Waals surface area contributed by atoms with Gasteiger partial charge in [-0.25, -0.2) is 0 Å². The molecular weight excluding hydrogens is 379 g/mol. The second-order valence-electron chi connectivity index (χ2n) is 3.93. The third-order valence-electron chi connectivity index (χ3n) is 2.76.